The van der Waals surface area contributed by atoms with Gasteiger partial charge in [0.15, 0.2) is 0 Å². The van der Waals surface area contributed by atoms with Gasteiger partial charge in [0.2, 0.25) is 10.0 Å². The standard InChI is InChI=1S/C21H24N2O4S/c1-16-14-19-4-2-3-5-20(19)23(16)21(24)18-8-6-17(7-9-18)15-28(25,26)22-10-12-27-13-11-22/h2-9,16H,10-15H2,1H3/t16-/m1/s1. The van der Waals surface area contributed by atoms with Crippen molar-refractivity contribution in [2.75, 3.05) is 31.2 Å². The van der Waals surface area contributed by atoms with Crippen molar-refractivity contribution in [3.8, 4) is 0 Å². The summed E-state index contributed by atoms with van der Waals surface area (Å²) in [6.07, 6.45) is 0.845. The third kappa shape index (κ3) is 3.70. The number of nitrogens with zero attached hydrogens (tertiary/aromatic N) is 2. The largest absolute Gasteiger partial charge is 0.379 e. The first-order chi connectivity index (χ1) is 13.5. The molecule has 0 aromatic heterocycles. The minimum atomic E-state index is -3.38. The topological polar surface area (TPSA) is 66.9 Å². The molecule has 6 nitrogen and oxygen atoms in total. The molecule has 2 aliphatic rings. The molecule has 2 aliphatic heterocycles. The number of rotatable bonds is 4. The molecule has 148 valence electrons. The van der Waals surface area contributed by atoms with Gasteiger partial charge < -0.3 is 9.64 Å². The maximum absolute atomic E-state index is 13.0. The van der Waals surface area contributed by atoms with Crippen LogP contribution >= 0.6 is 0 Å². The van der Waals surface area contributed by atoms with E-state index in [0.717, 1.165) is 12.1 Å². The highest BCUT2D eigenvalue weighted by atomic mass is 32.2. The van der Waals surface area contributed by atoms with Crippen molar-refractivity contribution < 1.29 is 17.9 Å². The van der Waals surface area contributed by atoms with Crippen molar-refractivity contribution in [1.82, 2.24) is 4.31 Å². The number of morpholine rings is 1. The van der Waals surface area contributed by atoms with Crippen LogP contribution in [0.25, 0.3) is 0 Å². The number of hydrogen-bond acceptors (Lipinski definition) is 4. The highest BCUT2D eigenvalue weighted by molar-refractivity contribution is 7.88. The quantitative estimate of drug-likeness (QED) is 0.791. The Bertz CT molecular complexity index is 966. The van der Waals surface area contributed by atoms with E-state index in [1.165, 1.54) is 9.87 Å². The fourth-order valence-corrected chi connectivity index (χ4v) is 5.39. The number of sulfonamides is 1. The van der Waals surface area contributed by atoms with E-state index < -0.39 is 10.0 Å². The Morgan fingerprint density at radius 3 is 2.46 bits per heavy atom. The van der Waals surface area contributed by atoms with Crippen LogP contribution in [0.1, 0.15) is 28.4 Å². The molecule has 1 saturated heterocycles. The van der Waals surface area contributed by atoms with Crippen LogP contribution in [0.3, 0.4) is 0 Å². The Balaban J connectivity index is 1.50. The first-order valence-electron chi connectivity index (χ1n) is 9.52. The molecule has 1 amide bonds. The van der Waals surface area contributed by atoms with Crippen LogP contribution in [0, 0.1) is 0 Å². The molecular weight excluding hydrogens is 376 g/mol. The fourth-order valence-electron chi connectivity index (χ4n) is 3.88. The van der Waals surface area contributed by atoms with Crippen LogP contribution in [0.5, 0.6) is 0 Å². The summed E-state index contributed by atoms with van der Waals surface area (Å²) in [4.78, 5) is 14.9. The average Bonchev–Trinajstić information content (AvgIpc) is 3.04. The van der Waals surface area contributed by atoms with E-state index in [1.807, 2.05) is 30.0 Å². The molecule has 0 aliphatic carbocycles. The molecule has 0 spiro atoms. The van der Waals surface area contributed by atoms with Crippen molar-refractivity contribution >= 4 is 21.6 Å². The molecular formula is C21H24N2O4S. The lowest BCUT2D eigenvalue weighted by Gasteiger charge is -2.26. The van der Waals surface area contributed by atoms with Crippen molar-refractivity contribution in [3.05, 3.63) is 65.2 Å². The van der Waals surface area contributed by atoms with Gasteiger partial charge in [0.1, 0.15) is 0 Å². The number of fused-ring (bicyclic) bond motifs is 1. The van der Waals surface area contributed by atoms with Gasteiger partial charge in [-0.1, -0.05) is 30.3 Å². The molecule has 7 heteroatoms. The first-order valence-corrected chi connectivity index (χ1v) is 11.1. The molecule has 0 bridgehead atoms. The Morgan fingerprint density at radius 2 is 1.75 bits per heavy atom. The van der Waals surface area contributed by atoms with Gasteiger partial charge in [0.25, 0.3) is 5.91 Å². The Kier molecular flexibility index (Phi) is 5.23. The SMILES string of the molecule is C[C@@H]1Cc2ccccc2N1C(=O)c1ccc(CS(=O)(=O)N2CCOCC2)cc1. The molecule has 2 heterocycles. The van der Waals surface area contributed by atoms with E-state index in [9.17, 15) is 13.2 Å². The Morgan fingerprint density at radius 1 is 1.07 bits per heavy atom. The third-order valence-electron chi connectivity index (χ3n) is 5.34. The van der Waals surface area contributed by atoms with Crippen molar-refractivity contribution in [2.45, 2.75) is 25.1 Å². The fraction of sp³-hybridized carbons (Fsp3) is 0.381. The minimum absolute atomic E-state index is 0.0555. The first kappa shape index (κ1) is 19.1. The molecule has 1 fully saturated rings. The van der Waals surface area contributed by atoms with E-state index in [2.05, 4.69) is 6.07 Å². The molecule has 0 saturated carbocycles. The van der Waals surface area contributed by atoms with Crippen LogP contribution in [-0.4, -0.2) is 51.0 Å². The second-order valence-corrected chi connectivity index (χ2v) is 9.29. The lowest BCUT2D eigenvalue weighted by Crippen LogP contribution is -2.41. The number of hydrogen-bond donors (Lipinski definition) is 0. The summed E-state index contributed by atoms with van der Waals surface area (Å²) in [7, 11) is -3.38. The van der Waals surface area contributed by atoms with Crippen LogP contribution in [0.2, 0.25) is 0 Å². The number of anilines is 1. The molecule has 4 rings (SSSR count). The maximum Gasteiger partial charge on any atom is 0.258 e. The van der Waals surface area contributed by atoms with Gasteiger partial charge in [-0.25, -0.2) is 8.42 Å². The number of carbonyl (C=O) groups excluding carboxylic acids is 1. The number of carbonyl (C=O) groups is 1. The maximum atomic E-state index is 13.0. The van der Waals surface area contributed by atoms with Gasteiger partial charge in [-0.15, -0.1) is 0 Å². The van der Waals surface area contributed by atoms with Crippen LogP contribution in [0.4, 0.5) is 5.69 Å². The van der Waals surface area contributed by atoms with Crippen molar-refractivity contribution in [3.63, 3.8) is 0 Å². The van der Waals surface area contributed by atoms with Gasteiger partial charge >= 0.3 is 0 Å². The van der Waals surface area contributed by atoms with E-state index in [4.69, 9.17) is 4.74 Å². The number of ether oxygens (including phenoxy) is 1. The highest BCUT2D eigenvalue weighted by Gasteiger charge is 2.31. The van der Waals surface area contributed by atoms with Gasteiger partial charge in [-0.05, 0) is 42.7 Å². The van der Waals surface area contributed by atoms with Crippen molar-refractivity contribution in [2.24, 2.45) is 0 Å². The molecule has 2 aromatic rings. The number of benzene rings is 2. The summed E-state index contributed by atoms with van der Waals surface area (Å²) < 4.78 is 31.8. The zero-order valence-corrected chi connectivity index (χ0v) is 16.7. The second kappa shape index (κ2) is 7.66. The predicted octanol–water partition coefficient (Wildman–Crippen LogP) is 2.44. The summed E-state index contributed by atoms with van der Waals surface area (Å²) in [5.74, 6) is -0.121. The summed E-state index contributed by atoms with van der Waals surface area (Å²) in [6.45, 7) is 3.70. The summed E-state index contributed by atoms with van der Waals surface area (Å²) in [5, 5.41) is 0. The average molecular weight is 401 g/mol. The van der Waals surface area contributed by atoms with E-state index in [0.29, 0.717) is 37.4 Å². The third-order valence-corrected chi connectivity index (χ3v) is 7.19. The zero-order valence-electron chi connectivity index (χ0n) is 15.9. The normalized spacial score (nSPS) is 20.2. The molecule has 0 unspecified atom stereocenters. The van der Waals surface area contributed by atoms with E-state index >= 15 is 0 Å². The summed E-state index contributed by atoms with van der Waals surface area (Å²) >= 11 is 0. The van der Waals surface area contributed by atoms with E-state index in [-0.39, 0.29) is 17.7 Å². The summed E-state index contributed by atoms with van der Waals surface area (Å²) in [5.41, 5.74) is 3.38. The number of amides is 1. The predicted molar refractivity (Wildman–Crippen MR) is 108 cm³/mol. The Labute approximate surface area is 165 Å². The molecule has 0 radical (unpaired) electrons. The van der Waals surface area contributed by atoms with Gasteiger partial charge in [0, 0.05) is 30.4 Å². The molecule has 28 heavy (non-hydrogen) atoms. The van der Waals surface area contributed by atoms with Crippen LogP contribution in [0.15, 0.2) is 48.5 Å². The smallest absolute Gasteiger partial charge is 0.258 e. The highest BCUT2D eigenvalue weighted by Crippen LogP contribution is 2.33. The molecule has 1 atom stereocenters. The van der Waals surface area contributed by atoms with Crippen LogP contribution in [-0.2, 0) is 26.9 Å². The van der Waals surface area contributed by atoms with Gasteiger partial charge in [-0.3, -0.25) is 4.79 Å². The summed E-state index contributed by atoms with van der Waals surface area (Å²) in [6, 6.07) is 15.0. The minimum Gasteiger partial charge on any atom is -0.379 e. The molecule has 2 aromatic carbocycles. The molecule has 0 N–H and O–H groups in total. The Hall–Kier alpha value is -2.22. The number of para-hydroxylation sites is 1. The zero-order chi connectivity index (χ0) is 19.7. The van der Waals surface area contributed by atoms with Crippen LogP contribution < -0.4 is 4.90 Å². The lowest BCUT2D eigenvalue weighted by atomic mass is 10.1. The van der Waals surface area contributed by atoms with Crippen molar-refractivity contribution in [1.29, 1.82) is 0 Å². The van der Waals surface area contributed by atoms with Gasteiger partial charge in [-0.2, -0.15) is 4.31 Å². The lowest BCUT2D eigenvalue weighted by molar-refractivity contribution is 0.0729. The van der Waals surface area contributed by atoms with Gasteiger partial charge in [0.05, 0.1) is 19.0 Å². The second-order valence-electron chi connectivity index (χ2n) is 7.32. The van der Waals surface area contributed by atoms with E-state index in [1.54, 1.807) is 24.3 Å². The monoisotopic (exact) mass is 400 g/mol.